The molecule has 0 atom stereocenters. The molecule has 0 bridgehead atoms. The van der Waals surface area contributed by atoms with Gasteiger partial charge in [0.05, 0.1) is 6.54 Å². The number of likely N-dealkylation sites (N-methyl/N-ethyl adjacent to an activating group) is 1. The maximum atomic E-state index is 12.9. The normalized spacial score (nSPS) is 11.9. The zero-order valence-electron chi connectivity index (χ0n) is 14.9. The smallest absolute Gasteiger partial charge is 0.252 e. The molecule has 0 fully saturated rings. The first-order chi connectivity index (χ1) is 12.7. The molecule has 2 N–H and O–H groups in total. The lowest BCUT2D eigenvalue weighted by Crippen LogP contribution is -2.35. The van der Waals surface area contributed by atoms with E-state index in [1.165, 1.54) is 29.9 Å². The van der Waals surface area contributed by atoms with Crippen LogP contribution in [0.2, 0.25) is 0 Å². The number of sulfonamides is 1. The number of aromatic nitrogens is 4. The first-order valence-electron chi connectivity index (χ1n) is 7.93. The number of nitrogens with zero attached hydrogens (tertiary/aromatic N) is 4. The Morgan fingerprint density at radius 3 is 2.78 bits per heavy atom. The number of hydrogen-bond donors (Lipinski definition) is 2. The third-order valence-corrected chi connectivity index (χ3v) is 5.82. The quantitative estimate of drug-likeness (QED) is 0.641. The molecule has 2 heterocycles. The standard InChI is InChI=1S/C16H18N6O4S/c1-10-6-12-16(19-20-18-12)13(7-10)27(25,26)22(3)9-14(23)17-11-4-5-21(2)15(24)8-11/h4-8H,9H2,1-3H3,(H,17,23)(H,18,19,20). The zero-order valence-corrected chi connectivity index (χ0v) is 15.7. The summed E-state index contributed by atoms with van der Waals surface area (Å²) >= 11 is 0. The first kappa shape index (κ1) is 18.7. The minimum Gasteiger partial charge on any atom is -0.325 e. The van der Waals surface area contributed by atoms with Crippen LogP contribution < -0.4 is 10.9 Å². The molecule has 0 saturated heterocycles. The van der Waals surface area contributed by atoms with Gasteiger partial charge in [-0.05, 0) is 30.7 Å². The van der Waals surface area contributed by atoms with Crippen LogP contribution in [0.1, 0.15) is 5.56 Å². The van der Waals surface area contributed by atoms with Crippen LogP contribution in [0.25, 0.3) is 11.0 Å². The molecular formula is C16H18N6O4S. The minimum atomic E-state index is -3.96. The Kier molecular flexibility index (Phi) is 4.81. The Hall–Kier alpha value is -3.05. The summed E-state index contributed by atoms with van der Waals surface area (Å²) in [6, 6.07) is 6.01. The molecule has 10 nitrogen and oxygen atoms in total. The molecule has 1 aromatic carbocycles. The Balaban J connectivity index is 1.82. The monoisotopic (exact) mass is 390 g/mol. The molecule has 1 amide bonds. The maximum Gasteiger partial charge on any atom is 0.252 e. The first-order valence-corrected chi connectivity index (χ1v) is 9.37. The number of H-pyrrole nitrogens is 1. The molecule has 3 aromatic rings. The van der Waals surface area contributed by atoms with Gasteiger partial charge in [0.15, 0.2) is 0 Å². The van der Waals surface area contributed by atoms with Crippen LogP contribution in [0.5, 0.6) is 0 Å². The van der Waals surface area contributed by atoms with Crippen molar-refractivity contribution in [2.45, 2.75) is 11.8 Å². The molecule has 0 spiro atoms. The van der Waals surface area contributed by atoms with E-state index in [2.05, 4.69) is 20.7 Å². The number of hydrogen-bond acceptors (Lipinski definition) is 6. The highest BCUT2D eigenvalue weighted by atomic mass is 32.2. The van der Waals surface area contributed by atoms with Crippen LogP contribution in [0.3, 0.4) is 0 Å². The summed E-state index contributed by atoms with van der Waals surface area (Å²) in [7, 11) is -1.08. The SMILES string of the molecule is Cc1cc(S(=O)(=O)N(C)CC(=O)Nc2ccn(C)c(=O)c2)c2[nH]nnc2c1. The number of carbonyl (C=O) groups is 1. The van der Waals surface area contributed by atoms with E-state index < -0.39 is 22.5 Å². The zero-order chi connectivity index (χ0) is 19.8. The summed E-state index contributed by atoms with van der Waals surface area (Å²) < 4.78 is 28.1. The fraction of sp³-hybridized carbons (Fsp3) is 0.250. The average molecular weight is 390 g/mol. The highest BCUT2D eigenvalue weighted by Gasteiger charge is 2.26. The summed E-state index contributed by atoms with van der Waals surface area (Å²) in [5.41, 5.74) is 1.41. The summed E-state index contributed by atoms with van der Waals surface area (Å²) in [6.45, 7) is 1.32. The molecule has 142 valence electrons. The number of aryl methyl sites for hydroxylation is 2. The maximum absolute atomic E-state index is 12.9. The Bertz CT molecular complexity index is 1180. The number of aromatic amines is 1. The van der Waals surface area contributed by atoms with Gasteiger partial charge < -0.3 is 9.88 Å². The number of rotatable bonds is 5. The molecule has 0 aliphatic rings. The number of anilines is 1. The average Bonchev–Trinajstić information content (AvgIpc) is 3.05. The second-order valence-electron chi connectivity index (χ2n) is 6.14. The largest absolute Gasteiger partial charge is 0.325 e. The lowest BCUT2D eigenvalue weighted by Gasteiger charge is -2.17. The lowest BCUT2D eigenvalue weighted by atomic mass is 10.2. The predicted molar refractivity (Wildman–Crippen MR) is 98.8 cm³/mol. The van der Waals surface area contributed by atoms with Crippen LogP contribution in [0.4, 0.5) is 5.69 Å². The molecule has 27 heavy (non-hydrogen) atoms. The third kappa shape index (κ3) is 3.73. The van der Waals surface area contributed by atoms with Gasteiger partial charge in [-0.2, -0.15) is 4.31 Å². The van der Waals surface area contributed by atoms with E-state index in [9.17, 15) is 18.0 Å². The molecule has 11 heteroatoms. The second-order valence-corrected chi connectivity index (χ2v) is 8.16. The van der Waals surface area contributed by atoms with E-state index in [4.69, 9.17) is 0 Å². The van der Waals surface area contributed by atoms with Gasteiger partial charge in [0.1, 0.15) is 15.9 Å². The van der Waals surface area contributed by atoms with Crippen molar-refractivity contribution in [2.75, 3.05) is 18.9 Å². The topological polar surface area (TPSA) is 130 Å². The van der Waals surface area contributed by atoms with E-state index in [1.54, 1.807) is 26.1 Å². The van der Waals surface area contributed by atoms with Gasteiger partial charge in [0.2, 0.25) is 15.9 Å². The Morgan fingerprint density at radius 2 is 2.07 bits per heavy atom. The number of nitrogens with one attached hydrogen (secondary N) is 2. The fourth-order valence-electron chi connectivity index (χ4n) is 2.54. The van der Waals surface area contributed by atoms with Gasteiger partial charge in [-0.25, -0.2) is 8.42 Å². The van der Waals surface area contributed by atoms with Crippen molar-refractivity contribution in [2.24, 2.45) is 7.05 Å². The Labute approximate surface area is 154 Å². The highest BCUT2D eigenvalue weighted by Crippen LogP contribution is 2.24. The molecule has 0 saturated carbocycles. The molecule has 3 rings (SSSR count). The highest BCUT2D eigenvalue weighted by molar-refractivity contribution is 7.89. The van der Waals surface area contributed by atoms with Gasteiger partial charge in [-0.15, -0.1) is 5.10 Å². The van der Waals surface area contributed by atoms with Crippen LogP contribution in [0.15, 0.2) is 40.2 Å². The van der Waals surface area contributed by atoms with E-state index in [0.717, 1.165) is 4.31 Å². The summed E-state index contributed by atoms with van der Waals surface area (Å²) in [5.74, 6) is -0.569. The lowest BCUT2D eigenvalue weighted by molar-refractivity contribution is -0.116. The van der Waals surface area contributed by atoms with Crippen molar-refractivity contribution in [1.82, 2.24) is 24.3 Å². The van der Waals surface area contributed by atoms with Gasteiger partial charge in [-0.3, -0.25) is 14.7 Å². The van der Waals surface area contributed by atoms with E-state index in [0.29, 0.717) is 16.8 Å². The van der Waals surface area contributed by atoms with Crippen LogP contribution >= 0.6 is 0 Å². The molecule has 0 aliphatic carbocycles. The van der Waals surface area contributed by atoms with Crippen LogP contribution in [0, 0.1) is 6.92 Å². The minimum absolute atomic E-state index is 0.00798. The molecule has 0 aliphatic heterocycles. The molecule has 0 radical (unpaired) electrons. The fourth-order valence-corrected chi connectivity index (χ4v) is 3.91. The van der Waals surface area contributed by atoms with Crippen molar-refractivity contribution in [3.05, 3.63) is 46.4 Å². The molecular weight excluding hydrogens is 372 g/mol. The van der Waals surface area contributed by atoms with Gasteiger partial charge in [-0.1, -0.05) is 5.21 Å². The number of fused-ring (bicyclic) bond motifs is 1. The van der Waals surface area contributed by atoms with Gasteiger partial charge in [0.25, 0.3) is 5.56 Å². The molecule has 0 unspecified atom stereocenters. The van der Waals surface area contributed by atoms with Gasteiger partial charge in [0, 0.05) is 32.0 Å². The van der Waals surface area contributed by atoms with Crippen molar-refractivity contribution >= 4 is 32.7 Å². The van der Waals surface area contributed by atoms with Crippen molar-refractivity contribution < 1.29 is 13.2 Å². The number of benzene rings is 1. The number of carbonyl (C=O) groups excluding carboxylic acids is 1. The van der Waals surface area contributed by atoms with E-state index in [1.807, 2.05) is 0 Å². The third-order valence-electron chi connectivity index (χ3n) is 3.99. The Morgan fingerprint density at radius 1 is 1.33 bits per heavy atom. The van der Waals surface area contributed by atoms with Crippen LogP contribution in [-0.2, 0) is 21.9 Å². The molecule has 2 aromatic heterocycles. The number of amides is 1. The van der Waals surface area contributed by atoms with Crippen LogP contribution in [-0.4, -0.2) is 52.2 Å². The van der Waals surface area contributed by atoms with E-state index in [-0.39, 0.29) is 16.0 Å². The van der Waals surface area contributed by atoms with Crippen molar-refractivity contribution in [1.29, 1.82) is 0 Å². The van der Waals surface area contributed by atoms with E-state index >= 15 is 0 Å². The van der Waals surface area contributed by atoms with Gasteiger partial charge >= 0.3 is 0 Å². The summed E-state index contributed by atoms with van der Waals surface area (Å²) in [6.07, 6.45) is 1.51. The predicted octanol–water partition coefficient (Wildman–Crippen LogP) is 0.224. The summed E-state index contributed by atoms with van der Waals surface area (Å²) in [5, 5.41) is 12.6. The second kappa shape index (κ2) is 6.93. The number of pyridine rings is 1. The summed E-state index contributed by atoms with van der Waals surface area (Å²) in [4.78, 5) is 23.8. The van der Waals surface area contributed by atoms with Crippen molar-refractivity contribution in [3.63, 3.8) is 0 Å². The van der Waals surface area contributed by atoms with Crippen molar-refractivity contribution in [3.8, 4) is 0 Å².